The lowest BCUT2D eigenvalue weighted by molar-refractivity contribution is 0.0497. The molecule has 0 radical (unpaired) electrons. The molecule has 1 heterocycles. The average molecular weight is 420 g/mol. The van der Waals surface area contributed by atoms with E-state index >= 15 is 0 Å². The molecule has 0 fully saturated rings. The molecule has 0 unspecified atom stereocenters. The van der Waals surface area contributed by atoms with E-state index in [4.69, 9.17) is 27.9 Å². The molecule has 146 valence electrons. The van der Waals surface area contributed by atoms with Gasteiger partial charge in [-0.25, -0.2) is 9.69 Å². The number of hydrogen-bond donors (Lipinski definition) is 0. The number of amides is 2. The second-order valence-electron chi connectivity index (χ2n) is 6.48. The molecular formula is C21H19Cl2NO4. The summed E-state index contributed by atoms with van der Waals surface area (Å²) in [7, 11) is 0. The summed E-state index contributed by atoms with van der Waals surface area (Å²) in [6.45, 7) is 2.43. The zero-order chi connectivity index (χ0) is 20.3. The summed E-state index contributed by atoms with van der Waals surface area (Å²) in [4.78, 5) is 38.8. The van der Waals surface area contributed by atoms with Crippen molar-refractivity contribution in [1.29, 1.82) is 0 Å². The highest BCUT2D eigenvalue weighted by atomic mass is 35.5. The lowest BCUT2D eigenvalue weighted by Crippen LogP contribution is -2.29. The van der Waals surface area contributed by atoms with Gasteiger partial charge in [0.15, 0.2) is 0 Å². The molecule has 1 aliphatic heterocycles. The number of unbranched alkanes of at least 4 members (excludes halogenated alkanes) is 3. The third-order valence-electron chi connectivity index (χ3n) is 4.53. The molecular weight excluding hydrogens is 401 g/mol. The molecule has 0 aromatic heterocycles. The van der Waals surface area contributed by atoms with E-state index in [9.17, 15) is 14.4 Å². The van der Waals surface area contributed by atoms with Crippen LogP contribution in [-0.2, 0) is 4.74 Å². The molecule has 5 nitrogen and oxygen atoms in total. The lowest BCUT2D eigenvalue weighted by atomic mass is 10.1. The fourth-order valence-corrected chi connectivity index (χ4v) is 3.41. The Bertz CT molecular complexity index is 942. The highest BCUT2D eigenvalue weighted by Gasteiger charge is 2.38. The average Bonchev–Trinajstić information content (AvgIpc) is 2.94. The van der Waals surface area contributed by atoms with E-state index < -0.39 is 17.8 Å². The van der Waals surface area contributed by atoms with Gasteiger partial charge in [-0.3, -0.25) is 9.59 Å². The van der Waals surface area contributed by atoms with E-state index in [0.717, 1.165) is 30.6 Å². The fourth-order valence-electron chi connectivity index (χ4n) is 3.03. The van der Waals surface area contributed by atoms with Gasteiger partial charge in [0, 0.05) is 0 Å². The van der Waals surface area contributed by atoms with Gasteiger partial charge >= 0.3 is 5.97 Å². The van der Waals surface area contributed by atoms with Crippen LogP contribution in [0.4, 0.5) is 5.69 Å². The molecule has 1 aliphatic rings. The smallest absolute Gasteiger partial charge is 0.338 e. The zero-order valence-electron chi connectivity index (χ0n) is 15.3. The molecule has 2 aromatic carbocycles. The number of carbonyl (C=O) groups is 3. The predicted molar refractivity (Wildman–Crippen MR) is 108 cm³/mol. The molecule has 3 rings (SSSR count). The van der Waals surface area contributed by atoms with E-state index in [-0.39, 0.29) is 32.4 Å². The van der Waals surface area contributed by atoms with E-state index in [2.05, 4.69) is 6.92 Å². The van der Waals surface area contributed by atoms with Crippen LogP contribution in [0.3, 0.4) is 0 Å². The van der Waals surface area contributed by atoms with Crippen LogP contribution in [0.5, 0.6) is 0 Å². The molecule has 0 spiro atoms. The number of imide groups is 1. The van der Waals surface area contributed by atoms with Gasteiger partial charge in [-0.2, -0.15) is 0 Å². The number of esters is 1. The Kier molecular flexibility index (Phi) is 6.37. The van der Waals surface area contributed by atoms with Crippen LogP contribution < -0.4 is 4.90 Å². The highest BCUT2D eigenvalue weighted by Crippen LogP contribution is 2.37. The quantitative estimate of drug-likeness (QED) is 0.336. The normalized spacial score (nSPS) is 13.0. The maximum absolute atomic E-state index is 12.8. The second kappa shape index (κ2) is 8.76. The van der Waals surface area contributed by atoms with Crippen LogP contribution >= 0.6 is 23.2 Å². The number of fused-ring (bicyclic) bond motifs is 1. The first-order valence-electron chi connectivity index (χ1n) is 9.09. The molecule has 0 bridgehead atoms. The van der Waals surface area contributed by atoms with Gasteiger partial charge in [-0.15, -0.1) is 0 Å². The van der Waals surface area contributed by atoms with Crippen molar-refractivity contribution in [3.63, 3.8) is 0 Å². The molecule has 0 N–H and O–H groups in total. The van der Waals surface area contributed by atoms with Gasteiger partial charge in [0.05, 0.1) is 39.0 Å². The van der Waals surface area contributed by atoms with Crippen molar-refractivity contribution in [3.8, 4) is 0 Å². The van der Waals surface area contributed by atoms with Gasteiger partial charge in [0.25, 0.3) is 11.8 Å². The number of rotatable bonds is 7. The molecule has 0 aliphatic carbocycles. The Balaban J connectivity index is 1.80. The Morgan fingerprint density at radius 1 is 1.00 bits per heavy atom. The van der Waals surface area contributed by atoms with Gasteiger partial charge in [0.2, 0.25) is 0 Å². The third-order valence-corrected chi connectivity index (χ3v) is 5.33. The number of anilines is 1. The molecule has 2 aromatic rings. The fraction of sp³-hybridized carbons (Fsp3) is 0.286. The largest absolute Gasteiger partial charge is 0.462 e. The molecule has 28 heavy (non-hydrogen) atoms. The topological polar surface area (TPSA) is 63.7 Å². The van der Waals surface area contributed by atoms with Crippen molar-refractivity contribution in [1.82, 2.24) is 0 Å². The van der Waals surface area contributed by atoms with Crippen LogP contribution in [0.25, 0.3) is 0 Å². The molecule has 7 heteroatoms. The van der Waals surface area contributed by atoms with Crippen molar-refractivity contribution in [3.05, 3.63) is 63.1 Å². The van der Waals surface area contributed by atoms with Crippen molar-refractivity contribution in [2.45, 2.75) is 32.6 Å². The van der Waals surface area contributed by atoms with Crippen LogP contribution in [0.1, 0.15) is 63.7 Å². The van der Waals surface area contributed by atoms with E-state index in [1.165, 1.54) is 18.2 Å². The van der Waals surface area contributed by atoms with E-state index in [0.29, 0.717) is 6.61 Å². The Labute approximate surface area is 173 Å². The number of halogens is 2. The van der Waals surface area contributed by atoms with Crippen LogP contribution in [-0.4, -0.2) is 24.4 Å². The summed E-state index contributed by atoms with van der Waals surface area (Å²) in [5.41, 5.74) is 0.789. The first-order valence-corrected chi connectivity index (χ1v) is 9.85. The third kappa shape index (κ3) is 3.91. The lowest BCUT2D eigenvalue weighted by Gasteiger charge is -2.15. The Hall–Kier alpha value is -2.37. The van der Waals surface area contributed by atoms with Gasteiger partial charge in [-0.1, -0.05) is 55.5 Å². The van der Waals surface area contributed by atoms with Crippen LogP contribution in [0.2, 0.25) is 10.0 Å². The van der Waals surface area contributed by atoms with Gasteiger partial charge < -0.3 is 4.74 Å². The van der Waals surface area contributed by atoms with E-state index in [1.807, 2.05) is 0 Å². The monoisotopic (exact) mass is 419 g/mol. The summed E-state index contributed by atoms with van der Waals surface area (Å²) in [6, 6.07) is 9.06. The molecule has 2 amide bonds. The first kappa shape index (κ1) is 20.4. The number of benzene rings is 2. The Morgan fingerprint density at radius 3 is 2.50 bits per heavy atom. The van der Waals surface area contributed by atoms with Crippen LogP contribution in [0.15, 0.2) is 36.4 Å². The van der Waals surface area contributed by atoms with E-state index in [1.54, 1.807) is 18.2 Å². The molecule has 0 saturated carbocycles. The minimum absolute atomic E-state index is 0.116. The number of carbonyl (C=O) groups excluding carboxylic acids is 3. The summed E-state index contributed by atoms with van der Waals surface area (Å²) in [5, 5.41) is 0.355. The summed E-state index contributed by atoms with van der Waals surface area (Å²) in [6.07, 6.45) is 3.98. The maximum atomic E-state index is 12.8. The van der Waals surface area contributed by atoms with Crippen LogP contribution in [0, 0.1) is 0 Å². The highest BCUT2D eigenvalue weighted by molar-refractivity contribution is 6.46. The molecule has 0 saturated heterocycles. The minimum atomic E-state index is -0.554. The number of ether oxygens (including phenoxy) is 1. The number of nitrogens with zero attached hydrogens (tertiary/aromatic N) is 1. The Morgan fingerprint density at radius 2 is 1.75 bits per heavy atom. The van der Waals surface area contributed by atoms with Gasteiger partial charge in [0.1, 0.15) is 0 Å². The molecule has 0 atom stereocenters. The van der Waals surface area contributed by atoms with Crippen molar-refractivity contribution >= 4 is 46.7 Å². The predicted octanol–water partition coefficient (Wildman–Crippen LogP) is 5.53. The van der Waals surface area contributed by atoms with Crippen molar-refractivity contribution in [2.24, 2.45) is 0 Å². The minimum Gasteiger partial charge on any atom is -0.462 e. The van der Waals surface area contributed by atoms with Crippen molar-refractivity contribution in [2.75, 3.05) is 11.5 Å². The first-order chi connectivity index (χ1) is 13.5. The van der Waals surface area contributed by atoms with Crippen molar-refractivity contribution < 1.29 is 19.1 Å². The second-order valence-corrected chi connectivity index (χ2v) is 7.26. The number of hydrogen-bond acceptors (Lipinski definition) is 4. The summed E-state index contributed by atoms with van der Waals surface area (Å²) >= 11 is 12.2. The standard InChI is InChI=1S/C21H19Cl2NO4/c1-2-3-4-5-11-28-21(27)13-9-10-14-15(12-13)20(26)24(19(14)25)17-8-6-7-16(22)18(17)23/h6-10,12H,2-5,11H2,1H3. The maximum Gasteiger partial charge on any atom is 0.338 e. The summed E-state index contributed by atoms with van der Waals surface area (Å²) < 4.78 is 5.26. The van der Waals surface area contributed by atoms with Gasteiger partial charge in [-0.05, 0) is 36.8 Å². The summed E-state index contributed by atoms with van der Waals surface area (Å²) in [5.74, 6) is -1.58. The SMILES string of the molecule is CCCCCCOC(=O)c1ccc2c(c1)C(=O)N(c1cccc(Cl)c1Cl)C2=O. The zero-order valence-corrected chi connectivity index (χ0v) is 16.8.